The highest BCUT2D eigenvalue weighted by Crippen LogP contribution is 2.27. The van der Waals surface area contributed by atoms with Crippen molar-refractivity contribution < 1.29 is 19.2 Å². The lowest BCUT2D eigenvalue weighted by atomic mass is 10.0. The second-order valence-corrected chi connectivity index (χ2v) is 6.61. The van der Waals surface area contributed by atoms with Crippen molar-refractivity contribution in [2.24, 2.45) is 0 Å². The average Bonchev–Trinajstić information content (AvgIpc) is 3.26. The average molecular weight is 410 g/mol. The van der Waals surface area contributed by atoms with Gasteiger partial charge in [-0.1, -0.05) is 6.07 Å². The van der Waals surface area contributed by atoms with Crippen LogP contribution in [0.3, 0.4) is 0 Å². The molecular weight excluding hydrogens is 388 g/mol. The number of nitro benzene ring substituents is 1. The van der Waals surface area contributed by atoms with Crippen LogP contribution in [0.2, 0.25) is 0 Å². The minimum atomic E-state index is -0.551. The van der Waals surface area contributed by atoms with E-state index < -0.39 is 10.8 Å². The quantitative estimate of drug-likeness (QED) is 0.451. The van der Waals surface area contributed by atoms with E-state index in [2.05, 4.69) is 10.4 Å². The van der Waals surface area contributed by atoms with Crippen LogP contribution in [0.25, 0.3) is 0 Å². The third-order valence-corrected chi connectivity index (χ3v) is 4.68. The molecule has 3 aromatic rings. The lowest BCUT2D eigenvalue weighted by Gasteiger charge is -2.18. The number of carbonyl (C=O) groups is 1. The molecule has 0 bridgehead atoms. The fourth-order valence-electron chi connectivity index (χ4n) is 3.10. The molecule has 1 amide bonds. The Hall–Kier alpha value is -3.88. The van der Waals surface area contributed by atoms with Crippen LogP contribution >= 0.6 is 0 Å². The maximum absolute atomic E-state index is 12.8. The highest BCUT2D eigenvalue weighted by Gasteiger charge is 2.20. The fraction of sp³-hybridized carbons (Fsp3) is 0.238. The van der Waals surface area contributed by atoms with E-state index in [1.807, 2.05) is 37.4 Å². The molecule has 0 aliphatic heterocycles. The number of hydrogen-bond donors (Lipinski definition) is 1. The Kier molecular flexibility index (Phi) is 6.31. The molecule has 1 aromatic heterocycles. The predicted octanol–water partition coefficient (Wildman–Crippen LogP) is 3.35. The van der Waals surface area contributed by atoms with Crippen LogP contribution in [0.15, 0.2) is 54.9 Å². The van der Waals surface area contributed by atoms with Crippen LogP contribution in [0, 0.1) is 10.1 Å². The SMILES string of the molecule is COc1ccc([C@@H](C)NC(=O)c2cc([N+](=O)[O-])ccc2OC)cc1Cn1cccn1. The highest BCUT2D eigenvalue weighted by atomic mass is 16.6. The molecule has 0 aliphatic carbocycles. The minimum absolute atomic E-state index is 0.101. The number of nitrogens with one attached hydrogen (secondary N) is 1. The Morgan fingerprint density at radius 2 is 1.93 bits per heavy atom. The summed E-state index contributed by atoms with van der Waals surface area (Å²) >= 11 is 0. The molecule has 0 spiro atoms. The Morgan fingerprint density at radius 1 is 1.20 bits per heavy atom. The third kappa shape index (κ3) is 4.57. The second kappa shape index (κ2) is 9.08. The maximum Gasteiger partial charge on any atom is 0.270 e. The Bertz CT molecular complexity index is 1050. The van der Waals surface area contributed by atoms with E-state index in [1.54, 1.807) is 18.0 Å². The summed E-state index contributed by atoms with van der Waals surface area (Å²) in [5.74, 6) is 0.514. The summed E-state index contributed by atoms with van der Waals surface area (Å²) in [6.45, 7) is 2.35. The van der Waals surface area contributed by atoms with Crippen molar-refractivity contribution in [1.82, 2.24) is 15.1 Å². The number of rotatable bonds is 8. The predicted molar refractivity (Wildman–Crippen MR) is 110 cm³/mol. The zero-order valence-corrected chi connectivity index (χ0v) is 16.9. The van der Waals surface area contributed by atoms with Crippen LogP contribution < -0.4 is 14.8 Å². The fourth-order valence-corrected chi connectivity index (χ4v) is 3.10. The number of nitrogens with zero attached hydrogens (tertiary/aromatic N) is 3. The number of aromatic nitrogens is 2. The number of non-ortho nitro benzene ring substituents is 1. The summed E-state index contributed by atoms with van der Waals surface area (Å²) in [5, 5.41) is 18.1. The molecule has 9 heteroatoms. The van der Waals surface area contributed by atoms with Gasteiger partial charge in [0.25, 0.3) is 11.6 Å². The van der Waals surface area contributed by atoms with Crippen molar-refractivity contribution in [2.75, 3.05) is 14.2 Å². The van der Waals surface area contributed by atoms with Gasteiger partial charge < -0.3 is 14.8 Å². The molecule has 30 heavy (non-hydrogen) atoms. The lowest BCUT2D eigenvalue weighted by molar-refractivity contribution is -0.384. The van der Waals surface area contributed by atoms with Gasteiger partial charge in [0, 0.05) is 30.1 Å². The topological polar surface area (TPSA) is 109 Å². The van der Waals surface area contributed by atoms with Gasteiger partial charge in [0.15, 0.2) is 0 Å². The van der Waals surface area contributed by atoms with Crippen molar-refractivity contribution in [1.29, 1.82) is 0 Å². The Labute approximate surface area is 173 Å². The van der Waals surface area contributed by atoms with Gasteiger partial charge in [0.2, 0.25) is 0 Å². The maximum atomic E-state index is 12.8. The summed E-state index contributed by atoms with van der Waals surface area (Å²) < 4.78 is 12.4. The van der Waals surface area contributed by atoms with Crippen molar-refractivity contribution in [3.63, 3.8) is 0 Å². The summed E-state index contributed by atoms with van der Waals surface area (Å²) in [7, 11) is 3.01. The molecule has 156 valence electrons. The van der Waals surface area contributed by atoms with Gasteiger partial charge in [-0.15, -0.1) is 0 Å². The van der Waals surface area contributed by atoms with Gasteiger partial charge in [-0.25, -0.2) is 0 Å². The molecule has 0 radical (unpaired) electrons. The number of amides is 1. The molecule has 0 fully saturated rings. The zero-order chi connectivity index (χ0) is 21.7. The van der Waals surface area contributed by atoms with Gasteiger partial charge in [-0.2, -0.15) is 5.10 Å². The number of carbonyl (C=O) groups excluding carboxylic acids is 1. The minimum Gasteiger partial charge on any atom is -0.496 e. The largest absolute Gasteiger partial charge is 0.496 e. The monoisotopic (exact) mass is 410 g/mol. The number of hydrogen-bond acceptors (Lipinski definition) is 6. The first-order chi connectivity index (χ1) is 14.4. The van der Waals surface area contributed by atoms with Crippen LogP contribution in [0.5, 0.6) is 11.5 Å². The highest BCUT2D eigenvalue weighted by molar-refractivity contribution is 5.97. The van der Waals surface area contributed by atoms with Gasteiger partial charge in [0.05, 0.1) is 37.3 Å². The molecule has 9 nitrogen and oxygen atoms in total. The van der Waals surface area contributed by atoms with Crippen LogP contribution in [0.1, 0.15) is 34.5 Å². The third-order valence-electron chi connectivity index (χ3n) is 4.68. The zero-order valence-electron chi connectivity index (χ0n) is 16.9. The van der Waals surface area contributed by atoms with E-state index in [-0.39, 0.29) is 23.0 Å². The van der Waals surface area contributed by atoms with Gasteiger partial charge in [0.1, 0.15) is 11.5 Å². The molecule has 1 N–H and O–H groups in total. The normalized spacial score (nSPS) is 11.6. The molecule has 0 aliphatic rings. The molecular formula is C21H22N4O5. The summed E-state index contributed by atoms with van der Waals surface area (Å²) in [6, 6.07) is 11.0. The van der Waals surface area contributed by atoms with Crippen molar-refractivity contribution in [2.45, 2.75) is 19.5 Å². The van der Waals surface area contributed by atoms with E-state index in [1.165, 1.54) is 25.3 Å². The Balaban J connectivity index is 1.83. The number of nitro groups is 1. The van der Waals surface area contributed by atoms with E-state index in [0.717, 1.165) is 11.1 Å². The van der Waals surface area contributed by atoms with Crippen LogP contribution in [-0.2, 0) is 6.54 Å². The second-order valence-electron chi connectivity index (χ2n) is 6.61. The van der Waals surface area contributed by atoms with Crippen LogP contribution in [-0.4, -0.2) is 34.8 Å². The first kappa shape index (κ1) is 20.8. The molecule has 2 aromatic carbocycles. The lowest BCUT2D eigenvalue weighted by Crippen LogP contribution is -2.27. The summed E-state index contributed by atoms with van der Waals surface area (Å²) in [4.78, 5) is 23.3. The van der Waals surface area contributed by atoms with Gasteiger partial charge in [-0.05, 0) is 36.8 Å². The van der Waals surface area contributed by atoms with Crippen molar-refractivity contribution in [3.05, 3.63) is 81.7 Å². The van der Waals surface area contributed by atoms with E-state index in [4.69, 9.17) is 9.47 Å². The van der Waals surface area contributed by atoms with Crippen molar-refractivity contribution >= 4 is 11.6 Å². The standard InChI is InChI=1S/C21H22N4O5/c1-14(23-21(26)18-12-17(25(27)28)6-8-20(18)30-3)15-5-7-19(29-2)16(11-15)13-24-10-4-9-22-24/h4-12,14H,13H2,1-3H3,(H,23,26)/t14-/m1/s1. The van der Waals surface area contributed by atoms with E-state index >= 15 is 0 Å². The summed E-state index contributed by atoms with van der Waals surface area (Å²) in [6.07, 6.45) is 3.55. The first-order valence-corrected chi connectivity index (χ1v) is 9.20. The van der Waals surface area contributed by atoms with Gasteiger partial charge in [-0.3, -0.25) is 19.6 Å². The smallest absolute Gasteiger partial charge is 0.270 e. The number of methoxy groups -OCH3 is 2. The first-order valence-electron chi connectivity index (χ1n) is 9.20. The molecule has 1 heterocycles. The van der Waals surface area contributed by atoms with Gasteiger partial charge >= 0.3 is 0 Å². The van der Waals surface area contributed by atoms with E-state index in [9.17, 15) is 14.9 Å². The number of benzene rings is 2. The molecule has 3 rings (SSSR count). The van der Waals surface area contributed by atoms with Crippen molar-refractivity contribution in [3.8, 4) is 11.5 Å². The molecule has 0 unspecified atom stereocenters. The van der Waals surface area contributed by atoms with Crippen LogP contribution in [0.4, 0.5) is 5.69 Å². The number of ether oxygens (including phenoxy) is 2. The van der Waals surface area contributed by atoms with E-state index in [0.29, 0.717) is 12.3 Å². The Morgan fingerprint density at radius 3 is 2.57 bits per heavy atom. The molecule has 1 atom stereocenters. The summed E-state index contributed by atoms with van der Waals surface area (Å²) in [5.41, 5.74) is 1.69. The molecule has 0 saturated heterocycles. The molecule has 0 saturated carbocycles.